The van der Waals surface area contributed by atoms with Crippen LogP contribution in [-0.2, 0) is 23.7 Å². The Hall–Kier alpha value is -3.34. The van der Waals surface area contributed by atoms with E-state index < -0.39 is 24.2 Å². The van der Waals surface area contributed by atoms with Crippen molar-refractivity contribution < 1.29 is 38.7 Å². The molecule has 0 aliphatic carbocycles. The van der Waals surface area contributed by atoms with Crippen molar-refractivity contribution >= 4 is 17.7 Å². The number of benzene rings is 1. The molecule has 1 aromatic rings. The number of fused-ring (bicyclic) bond motifs is 2. The summed E-state index contributed by atoms with van der Waals surface area (Å²) >= 11 is 0. The van der Waals surface area contributed by atoms with Crippen molar-refractivity contribution in [3.63, 3.8) is 0 Å². The van der Waals surface area contributed by atoms with Gasteiger partial charge in [0.1, 0.15) is 17.6 Å². The number of anilines is 1. The number of ether oxygens (including phenoxy) is 4. The number of methoxy groups -OCH3 is 3. The van der Waals surface area contributed by atoms with E-state index in [-0.39, 0.29) is 47.1 Å². The summed E-state index contributed by atoms with van der Waals surface area (Å²) in [6.45, 7) is 9.30. The minimum Gasteiger partial charge on any atom is -0.508 e. The summed E-state index contributed by atoms with van der Waals surface area (Å²) in [4.78, 5) is 24.6. The molecule has 1 heterocycles. The average molecular weight is 561 g/mol. The van der Waals surface area contributed by atoms with Gasteiger partial charge in [0.05, 0.1) is 24.0 Å². The molecule has 2 rings (SSSR count). The van der Waals surface area contributed by atoms with Crippen LogP contribution in [0.25, 0.3) is 0 Å². The number of aromatic hydroxyl groups is 2. The molecule has 0 saturated carbocycles. The molecule has 2 bridgehead atoms. The van der Waals surface area contributed by atoms with Gasteiger partial charge in [-0.15, -0.1) is 0 Å². The Morgan fingerprint density at radius 1 is 1.00 bits per heavy atom. The van der Waals surface area contributed by atoms with Crippen molar-refractivity contribution in [2.45, 2.75) is 65.5 Å². The lowest BCUT2D eigenvalue weighted by Gasteiger charge is -2.33. The summed E-state index contributed by atoms with van der Waals surface area (Å²) < 4.78 is 23.0. The number of nitrogens with one attached hydrogen (secondary N) is 1. The number of allylic oxidation sites excluding steroid dienone is 2. The number of amides is 2. The molecular formula is C30H44N2O8. The molecule has 5 N–H and O–H groups in total. The average Bonchev–Trinajstić information content (AvgIpc) is 2.88. The molecule has 10 heteroatoms. The van der Waals surface area contributed by atoms with Crippen LogP contribution >= 0.6 is 0 Å². The van der Waals surface area contributed by atoms with Gasteiger partial charge in [-0.3, -0.25) is 4.79 Å². The van der Waals surface area contributed by atoms with Crippen LogP contribution in [0.1, 0.15) is 52.7 Å². The molecule has 1 aromatic carbocycles. The van der Waals surface area contributed by atoms with Crippen LogP contribution in [0.2, 0.25) is 0 Å². The van der Waals surface area contributed by atoms with Crippen molar-refractivity contribution in [2.75, 3.05) is 26.6 Å². The largest absolute Gasteiger partial charge is 0.508 e. The van der Waals surface area contributed by atoms with Crippen molar-refractivity contribution in [1.82, 2.24) is 0 Å². The number of rotatable bonds is 4. The molecule has 0 spiro atoms. The third-order valence-electron chi connectivity index (χ3n) is 7.33. The van der Waals surface area contributed by atoms with Gasteiger partial charge in [0.2, 0.25) is 0 Å². The Balaban J connectivity index is 2.67. The Bertz CT molecular complexity index is 1130. The predicted molar refractivity (Wildman–Crippen MR) is 153 cm³/mol. The lowest BCUT2D eigenvalue weighted by molar-refractivity contribution is -0.112. The van der Waals surface area contributed by atoms with E-state index in [1.54, 1.807) is 39.4 Å². The third kappa shape index (κ3) is 8.33. The molecule has 7 atom stereocenters. The van der Waals surface area contributed by atoms with Crippen molar-refractivity contribution in [1.29, 1.82) is 0 Å². The summed E-state index contributed by atoms with van der Waals surface area (Å²) in [6.07, 6.45) is 4.64. The van der Waals surface area contributed by atoms with Crippen LogP contribution in [0.15, 0.2) is 47.6 Å². The van der Waals surface area contributed by atoms with Crippen molar-refractivity contribution in [2.24, 2.45) is 23.5 Å². The minimum atomic E-state index is -0.891. The first-order valence-corrected chi connectivity index (χ1v) is 13.3. The van der Waals surface area contributed by atoms with Gasteiger partial charge in [0.25, 0.3) is 5.91 Å². The summed E-state index contributed by atoms with van der Waals surface area (Å²) in [6, 6.07) is 2.71. The molecule has 40 heavy (non-hydrogen) atoms. The van der Waals surface area contributed by atoms with E-state index in [4.69, 9.17) is 24.7 Å². The van der Waals surface area contributed by atoms with Crippen molar-refractivity contribution in [3.05, 3.63) is 53.1 Å². The quantitative estimate of drug-likeness (QED) is 0.229. The maximum absolute atomic E-state index is 12.9. The number of hydrogen-bond donors (Lipinski definition) is 4. The number of hydrogen-bond acceptors (Lipinski definition) is 8. The number of carbonyl (C=O) groups is 2. The van der Waals surface area contributed by atoms with Gasteiger partial charge in [0.15, 0.2) is 0 Å². The van der Waals surface area contributed by atoms with Gasteiger partial charge in [0, 0.05) is 50.4 Å². The van der Waals surface area contributed by atoms with Crippen LogP contribution in [0.3, 0.4) is 0 Å². The van der Waals surface area contributed by atoms with E-state index in [9.17, 15) is 19.8 Å². The summed E-state index contributed by atoms with van der Waals surface area (Å²) in [5.41, 5.74) is 6.91. The zero-order valence-corrected chi connectivity index (χ0v) is 24.6. The second-order valence-electron chi connectivity index (χ2n) is 10.5. The van der Waals surface area contributed by atoms with E-state index in [0.717, 1.165) is 5.57 Å². The molecule has 0 radical (unpaired) electrons. The molecule has 0 saturated heterocycles. The molecule has 0 fully saturated rings. The number of carbonyl (C=O) groups excluding carboxylic acids is 2. The van der Waals surface area contributed by atoms with Crippen LogP contribution in [0, 0.1) is 17.8 Å². The van der Waals surface area contributed by atoms with E-state index in [2.05, 4.69) is 5.32 Å². The maximum Gasteiger partial charge on any atom is 0.405 e. The van der Waals surface area contributed by atoms with Crippen molar-refractivity contribution in [3.8, 4) is 11.5 Å². The Kier molecular flexibility index (Phi) is 12.2. The van der Waals surface area contributed by atoms with E-state index in [0.29, 0.717) is 17.6 Å². The van der Waals surface area contributed by atoms with Crippen LogP contribution in [0.5, 0.6) is 11.5 Å². The first kappa shape index (κ1) is 32.9. The number of nitrogens with two attached hydrogens (primary N) is 1. The highest BCUT2D eigenvalue weighted by Crippen LogP contribution is 2.42. The predicted octanol–water partition coefficient (Wildman–Crippen LogP) is 4.98. The highest BCUT2D eigenvalue weighted by molar-refractivity contribution is 6.04. The third-order valence-corrected chi connectivity index (χ3v) is 7.33. The summed E-state index contributed by atoms with van der Waals surface area (Å²) in [5, 5.41) is 24.2. The van der Waals surface area contributed by atoms with Gasteiger partial charge < -0.3 is 40.2 Å². The fourth-order valence-corrected chi connectivity index (χ4v) is 5.30. The van der Waals surface area contributed by atoms with Gasteiger partial charge in [-0.05, 0) is 37.8 Å². The topological polar surface area (TPSA) is 150 Å². The monoisotopic (exact) mass is 560 g/mol. The highest BCUT2D eigenvalue weighted by atomic mass is 16.6. The van der Waals surface area contributed by atoms with E-state index in [1.165, 1.54) is 19.2 Å². The zero-order valence-electron chi connectivity index (χ0n) is 24.6. The van der Waals surface area contributed by atoms with E-state index >= 15 is 0 Å². The van der Waals surface area contributed by atoms with Gasteiger partial charge in [-0.2, -0.15) is 0 Å². The summed E-state index contributed by atoms with van der Waals surface area (Å²) in [7, 11) is 4.73. The maximum atomic E-state index is 12.9. The number of phenols is 2. The second kappa shape index (κ2) is 14.9. The Morgan fingerprint density at radius 2 is 1.68 bits per heavy atom. The van der Waals surface area contributed by atoms with Crippen LogP contribution in [-0.4, -0.2) is 61.9 Å². The lowest BCUT2D eigenvalue weighted by atomic mass is 9.86. The Labute approximate surface area is 236 Å². The van der Waals surface area contributed by atoms with Crippen LogP contribution < -0.4 is 11.1 Å². The first-order valence-electron chi connectivity index (χ1n) is 13.3. The van der Waals surface area contributed by atoms with E-state index in [1.807, 2.05) is 33.8 Å². The highest BCUT2D eigenvalue weighted by Gasteiger charge is 2.33. The van der Waals surface area contributed by atoms with Crippen LogP contribution in [0.4, 0.5) is 10.5 Å². The molecular weight excluding hydrogens is 516 g/mol. The normalized spacial score (nSPS) is 32.2. The van der Waals surface area contributed by atoms with Gasteiger partial charge >= 0.3 is 6.09 Å². The molecule has 7 unspecified atom stereocenters. The second-order valence-corrected chi connectivity index (χ2v) is 10.5. The number of primary amides is 1. The molecule has 222 valence electrons. The fourth-order valence-electron chi connectivity index (χ4n) is 5.30. The van der Waals surface area contributed by atoms with Gasteiger partial charge in [-0.1, -0.05) is 45.1 Å². The smallest absolute Gasteiger partial charge is 0.405 e. The molecule has 2 amide bonds. The first-order chi connectivity index (χ1) is 18.8. The molecule has 10 nitrogen and oxygen atoms in total. The van der Waals surface area contributed by atoms with Gasteiger partial charge in [-0.25, -0.2) is 4.79 Å². The fraction of sp³-hybridized carbons (Fsp3) is 0.533. The lowest BCUT2D eigenvalue weighted by Crippen LogP contribution is -2.37. The zero-order chi connectivity index (χ0) is 30.1. The Morgan fingerprint density at radius 3 is 2.25 bits per heavy atom. The minimum absolute atomic E-state index is 0.0543. The molecule has 1 aliphatic rings. The molecule has 1 aliphatic heterocycles. The summed E-state index contributed by atoms with van der Waals surface area (Å²) in [5.74, 6) is -1.43. The molecule has 0 aromatic heterocycles. The standard InChI is InChI=1S/C30H44N2O8/c1-16-10-9-11-17(2)29(35)32-23-15-21(33)14-22(25(23)34)27(38-7)20(5)13-24(37-6)28(39-8)19(4)12-18(3)26(16)40-30(31)36/h9-12,14-16,19-20,24,26-28,33-34H,13H2,1-8H3,(H2,31,36)(H,32,35)/b10-9+,17-11+,18-12+. The number of phenolic OH excluding ortho intramolecular Hbond substituents is 2. The SMILES string of the molecule is COC1CC(C)C(OC)c2cc(O)cc(c2O)NC(=O)/C(C)=C/C=C/C(C)C(OC(N)=O)/C(C)=C/C(C)C1OC.